The molecule has 0 aliphatic carbocycles. The van der Waals surface area contributed by atoms with E-state index < -0.39 is 0 Å². The summed E-state index contributed by atoms with van der Waals surface area (Å²) >= 11 is 0. The van der Waals surface area contributed by atoms with Crippen LogP contribution in [0.4, 0.5) is 0 Å². The molecular formula is C12H19N. The molecule has 0 aromatic carbocycles. The summed E-state index contributed by atoms with van der Waals surface area (Å²) in [6.07, 6.45) is 11.2. The highest BCUT2D eigenvalue weighted by Crippen LogP contribution is 2.16. The molecule has 0 aromatic rings. The van der Waals surface area contributed by atoms with Gasteiger partial charge in [0.05, 0.1) is 0 Å². The molecule has 0 saturated carbocycles. The van der Waals surface area contributed by atoms with Crippen molar-refractivity contribution in [1.82, 2.24) is 5.32 Å². The zero-order valence-corrected chi connectivity index (χ0v) is 8.64. The van der Waals surface area contributed by atoms with Crippen LogP contribution >= 0.6 is 0 Å². The molecule has 1 N–H and O–H groups in total. The summed E-state index contributed by atoms with van der Waals surface area (Å²) in [7, 11) is 0. The Kier molecular flexibility index (Phi) is 4.55. The average molecular weight is 177 g/mol. The summed E-state index contributed by atoms with van der Waals surface area (Å²) in [4.78, 5) is 0. The molecule has 1 heterocycles. The minimum Gasteiger partial charge on any atom is -0.313 e. The van der Waals surface area contributed by atoms with Crippen molar-refractivity contribution in [2.75, 3.05) is 13.1 Å². The third kappa shape index (κ3) is 3.19. The molecule has 0 fully saturated rings. The standard InChI is InChI=1S/C12H19N/c1-3-6-11-8-5-9-13-10-12(11)7-4-2/h3-4,6-7,13H,5,8-10H2,1-2H3/b6-3-,7-4-. The molecule has 0 radical (unpaired) electrons. The van der Waals surface area contributed by atoms with Crippen LogP contribution in [0.5, 0.6) is 0 Å². The maximum Gasteiger partial charge on any atom is 0.0208 e. The highest BCUT2D eigenvalue weighted by atomic mass is 14.8. The van der Waals surface area contributed by atoms with Crippen LogP contribution in [0.2, 0.25) is 0 Å². The fourth-order valence-electron chi connectivity index (χ4n) is 1.66. The van der Waals surface area contributed by atoms with E-state index in [4.69, 9.17) is 0 Å². The maximum absolute atomic E-state index is 3.43. The van der Waals surface area contributed by atoms with Crippen LogP contribution in [0.15, 0.2) is 35.5 Å². The molecule has 0 unspecified atom stereocenters. The molecule has 0 bridgehead atoms. The van der Waals surface area contributed by atoms with Gasteiger partial charge in [0, 0.05) is 6.54 Å². The minimum atomic E-state index is 1.02. The normalized spacial score (nSPS) is 20.2. The molecule has 0 amide bonds. The molecule has 0 spiro atoms. The van der Waals surface area contributed by atoms with E-state index >= 15 is 0 Å². The van der Waals surface area contributed by atoms with Gasteiger partial charge in [-0.1, -0.05) is 24.3 Å². The minimum absolute atomic E-state index is 1.02. The van der Waals surface area contributed by atoms with Gasteiger partial charge < -0.3 is 5.32 Å². The second-order valence-electron chi connectivity index (χ2n) is 3.33. The third-order valence-corrected chi connectivity index (χ3v) is 2.26. The largest absolute Gasteiger partial charge is 0.313 e. The van der Waals surface area contributed by atoms with Crippen LogP contribution < -0.4 is 5.32 Å². The van der Waals surface area contributed by atoms with E-state index in [0.717, 1.165) is 13.1 Å². The second-order valence-corrected chi connectivity index (χ2v) is 3.33. The van der Waals surface area contributed by atoms with E-state index in [0.29, 0.717) is 0 Å². The second kappa shape index (κ2) is 5.76. The topological polar surface area (TPSA) is 12.0 Å². The molecule has 72 valence electrons. The lowest BCUT2D eigenvalue weighted by molar-refractivity contribution is 0.714. The van der Waals surface area contributed by atoms with Crippen molar-refractivity contribution in [1.29, 1.82) is 0 Å². The van der Waals surface area contributed by atoms with Crippen molar-refractivity contribution < 1.29 is 0 Å². The third-order valence-electron chi connectivity index (χ3n) is 2.26. The monoisotopic (exact) mass is 177 g/mol. The highest BCUT2D eigenvalue weighted by molar-refractivity contribution is 5.34. The van der Waals surface area contributed by atoms with Crippen molar-refractivity contribution in [2.24, 2.45) is 0 Å². The number of allylic oxidation sites excluding steroid dienone is 4. The predicted octanol–water partition coefficient (Wildman–Crippen LogP) is 2.82. The predicted molar refractivity (Wildman–Crippen MR) is 58.8 cm³/mol. The first-order chi connectivity index (χ1) is 6.38. The first-order valence-corrected chi connectivity index (χ1v) is 5.06. The molecule has 1 nitrogen and oxygen atoms in total. The van der Waals surface area contributed by atoms with E-state index in [1.165, 1.54) is 24.0 Å². The van der Waals surface area contributed by atoms with E-state index in [1.807, 2.05) is 0 Å². The molecule has 0 aromatic heterocycles. The quantitative estimate of drug-likeness (QED) is 0.684. The van der Waals surface area contributed by atoms with Crippen LogP contribution in [-0.2, 0) is 0 Å². The zero-order valence-electron chi connectivity index (χ0n) is 8.64. The van der Waals surface area contributed by atoms with Crippen LogP contribution in [0.1, 0.15) is 26.7 Å². The van der Waals surface area contributed by atoms with Crippen molar-refractivity contribution >= 4 is 0 Å². The van der Waals surface area contributed by atoms with Gasteiger partial charge in [-0.3, -0.25) is 0 Å². The molecule has 1 aliphatic rings. The Morgan fingerprint density at radius 2 is 1.77 bits per heavy atom. The fourth-order valence-corrected chi connectivity index (χ4v) is 1.66. The summed E-state index contributed by atoms with van der Waals surface area (Å²) in [6.45, 7) is 6.32. The maximum atomic E-state index is 3.43. The Bertz CT molecular complexity index is 210. The van der Waals surface area contributed by atoms with Gasteiger partial charge >= 0.3 is 0 Å². The lowest BCUT2D eigenvalue weighted by Crippen LogP contribution is -2.15. The van der Waals surface area contributed by atoms with Gasteiger partial charge in [-0.25, -0.2) is 0 Å². The van der Waals surface area contributed by atoms with Gasteiger partial charge in [0.25, 0.3) is 0 Å². The summed E-state index contributed by atoms with van der Waals surface area (Å²) in [5, 5.41) is 3.43. The van der Waals surface area contributed by atoms with E-state index in [2.05, 4.69) is 43.5 Å². The molecule has 1 heteroatoms. The van der Waals surface area contributed by atoms with Crippen molar-refractivity contribution in [3.05, 3.63) is 35.5 Å². The smallest absolute Gasteiger partial charge is 0.0208 e. The number of hydrogen-bond donors (Lipinski definition) is 1. The Morgan fingerprint density at radius 1 is 1.08 bits per heavy atom. The van der Waals surface area contributed by atoms with Crippen molar-refractivity contribution in [3.63, 3.8) is 0 Å². The van der Waals surface area contributed by atoms with Crippen LogP contribution in [0.3, 0.4) is 0 Å². The SMILES string of the molecule is C/C=C\C1=C(/C=C\C)CNCCC1. The summed E-state index contributed by atoms with van der Waals surface area (Å²) < 4.78 is 0. The fraction of sp³-hybridized carbons (Fsp3) is 0.500. The van der Waals surface area contributed by atoms with Crippen LogP contribution in [0.25, 0.3) is 0 Å². The van der Waals surface area contributed by atoms with Gasteiger partial charge in [0.1, 0.15) is 0 Å². The number of hydrogen-bond acceptors (Lipinski definition) is 1. The number of nitrogens with one attached hydrogen (secondary N) is 1. The van der Waals surface area contributed by atoms with Gasteiger partial charge in [-0.2, -0.15) is 0 Å². The molecule has 1 aliphatic heterocycles. The summed E-state index contributed by atoms with van der Waals surface area (Å²) in [5.74, 6) is 0. The van der Waals surface area contributed by atoms with E-state index in [9.17, 15) is 0 Å². The molecule has 1 rings (SSSR count). The van der Waals surface area contributed by atoms with Crippen LogP contribution in [-0.4, -0.2) is 13.1 Å². The van der Waals surface area contributed by atoms with Crippen molar-refractivity contribution in [2.45, 2.75) is 26.7 Å². The van der Waals surface area contributed by atoms with Gasteiger partial charge in [-0.15, -0.1) is 0 Å². The Hall–Kier alpha value is -0.820. The van der Waals surface area contributed by atoms with Gasteiger partial charge in [-0.05, 0) is 44.4 Å². The Balaban J connectivity index is 2.84. The van der Waals surface area contributed by atoms with Gasteiger partial charge in [0.2, 0.25) is 0 Å². The zero-order chi connectivity index (χ0) is 9.52. The first kappa shape index (κ1) is 10.3. The summed E-state index contributed by atoms with van der Waals surface area (Å²) in [5.41, 5.74) is 2.93. The molecule has 0 atom stereocenters. The molecule has 0 saturated heterocycles. The number of rotatable bonds is 2. The lowest BCUT2D eigenvalue weighted by atomic mass is 10.0. The Morgan fingerprint density at radius 3 is 2.46 bits per heavy atom. The lowest BCUT2D eigenvalue weighted by Gasteiger charge is -2.03. The highest BCUT2D eigenvalue weighted by Gasteiger charge is 2.05. The summed E-state index contributed by atoms with van der Waals surface area (Å²) in [6, 6.07) is 0. The Labute approximate surface area is 81.2 Å². The van der Waals surface area contributed by atoms with Crippen LogP contribution in [0, 0.1) is 0 Å². The van der Waals surface area contributed by atoms with E-state index in [-0.39, 0.29) is 0 Å². The molecular weight excluding hydrogens is 158 g/mol. The van der Waals surface area contributed by atoms with Crippen molar-refractivity contribution in [3.8, 4) is 0 Å². The molecule has 13 heavy (non-hydrogen) atoms. The first-order valence-electron chi connectivity index (χ1n) is 5.06. The average Bonchev–Trinajstić information content (AvgIpc) is 2.33. The van der Waals surface area contributed by atoms with E-state index in [1.54, 1.807) is 0 Å². The van der Waals surface area contributed by atoms with Gasteiger partial charge in [0.15, 0.2) is 0 Å².